The molecule has 0 bridgehead atoms. The molecule has 0 saturated carbocycles. The van der Waals surface area contributed by atoms with Crippen LogP contribution in [0.5, 0.6) is 5.75 Å². The molecule has 0 amide bonds. The molecule has 0 aromatic heterocycles. The molecule has 0 aliphatic heterocycles. The summed E-state index contributed by atoms with van der Waals surface area (Å²) < 4.78 is 18.5. The van der Waals surface area contributed by atoms with Crippen molar-refractivity contribution in [3.8, 4) is 5.75 Å². The maximum absolute atomic E-state index is 13.0. The molecule has 0 heterocycles. The van der Waals surface area contributed by atoms with Gasteiger partial charge in [0.1, 0.15) is 11.6 Å². The summed E-state index contributed by atoms with van der Waals surface area (Å²) in [5.41, 5.74) is 1.31. The summed E-state index contributed by atoms with van der Waals surface area (Å²) in [4.78, 5) is 4.22. The summed E-state index contributed by atoms with van der Waals surface area (Å²) in [6, 6.07) is 11.4. The Hall–Kier alpha value is -1.87. The largest absolute Gasteiger partial charge is 0.493 e. The van der Waals surface area contributed by atoms with Gasteiger partial charge in [0, 0.05) is 16.8 Å². The number of hydrogen-bond acceptors (Lipinski definition) is 2. The Labute approximate surface area is 116 Å². The van der Waals surface area contributed by atoms with E-state index in [2.05, 4.69) is 4.99 Å². The highest BCUT2D eigenvalue weighted by Crippen LogP contribution is 2.22. The Kier molecular flexibility index (Phi) is 4.53. The van der Waals surface area contributed by atoms with Crippen LogP contribution in [0.3, 0.4) is 0 Å². The fourth-order valence-electron chi connectivity index (χ4n) is 1.61. The topological polar surface area (TPSA) is 21.6 Å². The Morgan fingerprint density at radius 3 is 2.84 bits per heavy atom. The number of ether oxygens (including phenoxy) is 1. The third kappa shape index (κ3) is 3.80. The van der Waals surface area contributed by atoms with E-state index in [1.54, 1.807) is 36.5 Å². The van der Waals surface area contributed by atoms with Gasteiger partial charge in [-0.05, 0) is 43.3 Å². The lowest BCUT2D eigenvalue weighted by atomic mass is 10.2. The highest BCUT2D eigenvalue weighted by molar-refractivity contribution is 6.30. The van der Waals surface area contributed by atoms with E-state index in [0.717, 1.165) is 5.56 Å². The van der Waals surface area contributed by atoms with Crippen molar-refractivity contribution in [3.63, 3.8) is 0 Å². The quantitative estimate of drug-likeness (QED) is 0.747. The molecule has 2 nitrogen and oxygen atoms in total. The zero-order chi connectivity index (χ0) is 13.7. The number of nitrogens with zero attached hydrogens (tertiary/aromatic N) is 1. The van der Waals surface area contributed by atoms with Crippen LogP contribution in [0.1, 0.15) is 12.5 Å². The molecular formula is C15H13ClFNO. The first-order valence-electron chi connectivity index (χ1n) is 5.91. The van der Waals surface area contributed by atoms with Crippen LogP contribution in [-0.2, 0) is 0 Å². The van der Waals surface area contributed by atoms with E-state index in [1.165, 1.54) is 12.1 Å². The van der Waals surface area contributed by atoms with Crippen molar-refractivity contribution >= 4 is 23.5 Å². The average Bonchev–Trinajstić information content (AvgIpc) is 2.39. The van der Waals surface area contributed by atoms with Crippen LogP contribution >= 0.6 is 11.6 Å². The standard InChI is InChI=1S/C15H13ClFNO/c1-2-19-15-7-6-12(16)8-11(15)10-18-14-5-3-4-13(17)9-14/h3-10H,2H2,1H3. The van der Waals surface area contributed by atoms with Crippen molar-refractivity contribution in [1.29, 1.82) is 0 Å². The number of halogens is 2. The van der Waals surface area contributed by atoms with Gasteiger partial charge in [-0.3, -0.25) is 4.99 Å². The van der Waals surface area contributed by atoms with Crippen LogP contribution in [-0.4, -0.2) is 12.8 Å². The Balaban J connectivity index is 2.29. The third-order valence-electron chi connectivity index (χ3n) is 2.43. The minimum absolute atomic E-state index is 0.314. The van der Waals surface area contributed by atoms with E-state index in [1.807, 2.05) is 6.92 Å². The molecule has 0 N–H and O–H groups in total. The minimum Gasteiger partial charge on any atom is -0.493 e. The molecule has 2 aromatic rings. The van der Waals surface area contributed by atoms with Gasteiger partial charge in [0.15, 0.2) is 0 Å². The summed E-state index contributed by atoms with van der Waals surface area (Å²) in [7, 11) is 0. The smallest absolute Gasteiger partial charge is 0.128 e. The Bertz CT molecular complexity index is 598. The predicted molar refractivity (Wildman–Crippen MR) is 76.3 cm³/mol. The van der Waals surface area contributed by atoms with Crippen LogP contribution < -0.4 is 4.74 Å². The van der Waals surface area contributed by atoms with Crippen molar-refractivity contribution in [1.82, 2.24) is 0 Å². The number of rotatable bonds is 4. The number of hydrogen-bond donors (Lipinski definition) is 0. The van der Waals surface area contributed by atoms with Crippen LogP contribution in [0.15, 0.2) is 47.5 Å². The first-order chi connectivity index (χ1) is 9.19. The molecule has 0 saturated heterocycles. The van der Waals surface area contributed by atoms with Gasteiger partial charge in [-0.2, -0.15) is 0 Å². The van der Waals surface area contributed by atoms with Gasteiger partial charge in [0.05, 0.1) is 12.3 Å². The van der Waals surface area contributed by atoms with Crippen LogP contribution in [0.2, 0.25) is 5.02 Å². The van der Waals surface area contributed by atoms with E-state index in [0.29, 0.717) is 23.1 Å². The van der Waals surface area contributed by atoms with Crippen molar-refractivity contribution in [3.05, 3.63) is 58.9 Å². The lowest BCUT2D eigenvalue weighted by Gasteiger charge is -2.06. The Morgan fingerprint density at radius 1 is 1.26 bits per heavy atom. The molecule has 2 rings (SSSR count). The first kappa shape index (κ1) is 13.6. The zero-order valence-corrected chi connectivity index (χ0v) is 11.2. The van der Waals surface area contributed by atoms with E-state index in [4.69, 9.17) is 16.3 Å². The van der Waals surface area contributed by atoms with Crippen LogP contribution in [0.4, 0.5) is 10.1 Å². The summed E-state index contributed by atoms with van der Waals surface area (Å²) in [5, 5.41) is 0.601. The summed E-state index contributed by atoms with van der Waals surface area (Å²) in [5.74, 6) is 0.387. The highest BCUT2D eigenvalue weighted by Gasteiger charge is 2.02. The van der Waals surface area contributed by atoms with E-state index >= 15 is 0 Å². The molecular weight excluding hydrogens is 265 g/mol. The highest BCUT2D eigenvalue weighted by atomic mass is 35.5. The van der Waals surface area contributed by atoms with E-state index < -0.39 is 0 Å². The second kappa shape index (κ2) is 6.34. The molecule has 4 heteroatoms. The second-order valence-corrected chi connectivity index (χ2v) is 4.29. The van der Waals surface area contributed by atoms with Gasteiger partial charge in [0.25, 0.3) is 0 Å². The zero-order valence-electron chi connectivity index (χ0n) is 10.4. The Morgan fingerprint density at radius 2 is 2.11 bits per heavy atom. The van der Waals surface area contributed by atoms with Gasteiger partial charge in [-0.25, -0.2) is 4.39 Å². The molecule has 0 unspecified atom stereocenters. The van der Waals surface area contributed by atoms with E-state index in [9.17, 15) is 4.39 Å². The molecule has 0 aliphatic rings. The third-order valence-corrected chi connectivity index (χ3v) is 2.67. The van der Waals surface area contributed by atoms with Crippen molar-refractivity contribution in [2.45, 2.75) is 6.92 Å². The van der Waals surface area contributed by atoms with Gasteiger partial charge in [-0.1, -0.05) is 17.7 Å². The summed E-state index contributed by atoms with van der Waals surface area (Å²) in [6.07, 6.45) is 1.62. The molecule has 0 atom stereocenters. The lowest BCUT2D eigenvalue weighted by Crippen LogP contribution is -1.95. The molecule has 19 heavy (non-hydrogen) atoms. The maximum Gasteiger partial charge on any atom is 0.128 e. The van der Waals surface area contributed by atoms with Crippen molar-refractivity contribution in [2.75, 3.05) is 6.61 Å². The van der Waals surface area contributed by atoms with Gasteiger partial charge in [0.2, 0.25) is 0 Å². The fourth-order valence-corrected chi connectivity index (χ4v) is 1.79. The molecule has 0 fully saturated rings. The molecule has 0 aliphatic carbocycles. The SMILES string of the molecule is CCOc1ccc(Cl)cc1C=Nc1cccc(F)c1. The summed E-state index contributed by atoms with van der Waals surface area (Å²) in [6.45, 7) is 2.46. The second-order valence-electron chi connectivity index (χ2n) is 3.85. The normalized spacial score (nSPS) is 10.9. The number of aliphatic imine (C=N–C) groups is 1. The van der Waals surface area contributed by atoms with Crippen LogP contribution in [0, 0.1) is 5.82 Å². The maximum atomic E-state index is 13.0. The van der Waals surface area contributed by atoms with Gasteiger partial charge in [-0.15, -0.1) is 0 Å². The molecule has 2 aromatic carbocycles. The molecule has 0 radical (unpaired) electrons. The lowest BCUT2D eigenvalue weighted by molar-refractivity contribution is 0.340. The molecule has 98 valence electrons. The summed E-state index contributed by atoms with van der Waals surface area (Å²) >= 11 is 5.95. The van der Waals surface area contributed by atoms with Crippen molar-refractivity contribution in [2.24, 2.45) is 4.99 Å². The van der Waals surface area contributed by atoms with Gasteiger partial charge < -0.3 is 4.74 Å². The minimum atomic E-state index is -0.314. The number of benzene rings is 2. The fraction of sp³-hybridized carbons (Fsp3) is 0.133. The van der Waals surface area contributed by atoms with E-state index in [-0.39, 0.29) is 5.82 Å². The predicted octanol–water partition coefficient (Wildman–Crippen LogP) is 4.63. The van der Waals surface area contributed by atoms with Gasteiger partial charge >= 0.3 is 0 Å². The van der Waals surface area contributed by atoms with Crippen LogP contribution in [0.25, 0.3) is 0 Å². The first-order valence-corrected chi connectivity index (χ1v) is 6.29. The average molecular weight is 278 g/mol. The molecule has 0 spiro atoms. The van der Waals surface area contributed by atoms with Crippen molar-refractivity contribution < 1.29 is 9.13 Å². The monoisotopic (exact) mass is 277 g/mol.